The lowest BCUT2D eigenvalue weighted by atomic mass is 10.0. The van der Waals surface area contributed by atoms with Gasteiger partial charge in [-0.3, -0.25) is 4.79 Å². The maximum atomic E-state index is 12.3. The summed E-state index contributed by atoms with van der Waals surface area (Å²) in [7, 11) is 3.16. The van der Waals surface area contributed by atoms with Crippen molar-refractivity contribution in [2.75, 3.05) is 14.2 Å². The first-order valence-corrected chi connectivity index (χ1v) is 8.14. The summed E-state index contributed by atoms with van der Waals surface area (Å²) < 4.78 is 15.8. The minimum Gasteiger partial charge on any atom is -0.497 e. The number of hydrogen-bond acceptors (Lipinski definition) is 6. The third kappa shape index (κ3) is 4.96. The van der Waals surface area contributed by atoms with Gasteiger partial charge in [0.2, 0.25) is 5.89 Å². The first-order chi connectivity index (χ1) is 11.9. The molecule has 0 spiro atoms. The number of methoxy groups -OCH3 is 2. The molecule has 7 heteroatoms. The highest BCUT2D eigenvalue weighted by Crippen LogP contribution is 2.24. The molecule has 0 aliphatic rings. The van der Waals surface area contributed by atoms with Crippen molar-refractivity contribution in [1.29, 1.82) is 0 Å². The van der Waals surface area contributed by atoms with Gasteiger partial charge in [-0.25, -0.2) is 4.98 Å². The molecule has 1 unspecified atom stereocenters. The molecule has 1 heterocycles. The van der Waals surface area contributed by atoms with Crippen LogP contribution in [-0.2, 0) is 6.54 Å². The van der Waals surface area contributed by atoms with Crippen molar-refractivity contribution >= 4 is 5.91 Å². The number of nitrogens with two attached hydrogens (primary N) is 1. The SMILES string of the molecule is COc1ccc(CNC(=O)c2coc(C(N)CC(C)C)n2)c(OC)c1. The molecule has 2 aromatic rings. The van der Waals surface area contributed by atoms with Gasteiger partial charge in [0.25, 0.3) is 5.91 Å². The van der Waals surface area contributed by atoms with E-state index in [9.17, 15) is 4.79 Å². The Hall–Kier alpha value is -2.54. The van der Waals surface area contributed by atoms with Crippen molar-refractivity contribution in [3.8, 4) is 11.5 Å². The first-order valence-electron chi connectivity index (χ1n) is 8.14. The second kappa shape index (κ2) is 8.53. The summed E-state index contributed by atoms with van der Waals surface area (Å²) in [6.07, 6.45) is 2.07. The monoisotopic (exact) mass is 347 g/mol. The van der Waals surface area contributed by atoms with Crippen LogP contribution in [-0.4, -0.2) is 25.1 Å². The molecule has 3 N–H and O–H groups in total. The van der Waals surface area contributed by atoms with E-state index in [0.29, 0.717) is 29.9 Å². The van der Waals surface area contributed by atoms with Crippen LogP contribution in [0.4, 0.5) is 0 Å². The summed E-state index contributed by atoms with van der Waals surface area (Å²) >= 11 is 0. The van der Waals surface area contributed by atoms with Crippen LogP contribution < -0.4 is 20.5 Å². The van der Waals surface area contributed by atoms with E-state index in [0.717, 1.165) is 12.0 Å². The zero-order valence-corrected chi connectivity index (χ0v) is 15.0. The van der Waals surface area contributed by atoms with Crippen LogP contribution in [0.2, 0.25) is 0 Å². The second-order valence-corrected chi connectivity index (χ2v) is 6.17. The zero-order valence-electron chi connectivity index (χ0n) is 15.0. The zero-order chi connectivity index (χ0) is 18.4. The lowest BCUT2D eigenvalue weighted by Crippen LogP contribution is -2.23. The van der Waals surface area contributed by atoms with Crippen LogP contribution in [0.5, 0.6) is 11.5 Å². The number of carbonyl (C=O) groups is 1. The lowest BCUT2D eigenvalue weighted by molar-refractivity contribution is 0.0945. The Morgan fingerprint density at radius 1 is 1.32 bits per heavy atom. The maximum absolute atomic E-state index is 12.3. The number of hydrogen-bond donors (Lipinski definition) is 2. The molecular formula is C18H25N3O4. The number of oxazole rings is 1. The van der Waals surface area contributed by atoms with Gasteiger partial charge in [0, 0.05) is 18.2 Å². The largest absolute Gasteiger partial charge is 0.497 e. The van der Waals surface area contributed by atoms with Crippen LogP contribution in [0, 0.1) is 5.92 Å². The maximum Gasteiger partial charge on any atom is 0.273 e. The fourth-order valence-corrected chi connectivity index (χ4v) is 2.43. The number of nitrogens with zero attached hydrogens (tertiary/aromatic N) is 1. The van der Waals surface area contributed by atoms with Crippen molar-refractivity contribution in [2.45, 2.75) is 32.9 Å². The first kappa shape index (κ1) is 18.8. The van der Waals surface area contributed by atoms with Crippen LogP contribution >= 0.6 is 0 Å². The third-order valence-electron chi connectivity index (χ3n) is 3.73. The standard InChI is InChI=1S/C18H25N3O4/c1-11(2)7-14(19)18-21-15(10-25-18)17(22)20-9-12-5-6-13(23-3)8-16(12)24-4/h5-6,8,10-11,14H,7,9,19H2,1-4H3,(H,20,22). The molecule has 136 valence electrons. The predicted molar refractivity (Wildman–Crippen MR) is 93.6 cm³/mol. The molecule has 0 bridgehead atoms. The smallest absolute Gasteiger partial charge is 0.273 e. The van der Waals surface area contributed by atoms with Gasteiger partial charge in [0.05, 0.1) is 20.3 Å². The summed E-state index contributed by atoms with van der Waals surface area (Å²) in [6.45, 7) is 4.43. The number of rotatable bonds is 8. The normalized spacial score (nSPS) is 12.1. The molecular weight excluding hydrogens is 322 g/mol. The number of carbonyl (C=O) groups excluding carboxylic acids is 1. The summed E-state index contributed by atoms with van der Waals surface area (Å²) in [5, 5.41) is 2.80. The quantitative estimate of drug-likeness (QED) is 0.761. The highest BCUT2D eigenvalue weighted by Gasteiger charge is 2.18. The molecule has 2 rings (SSSR count). The molecule has 1 aromatic heterocycles. The van der Waals surface area contributed by atoms with E-state index in [1.165, 1.54) is 6.26 Å². The molecule has 0 saturated carbocycles. The van der Waals surface area contributed by atoms with E-state index in [2.05, 4.69) is 24.1 Å². The van der Waals surface area contributed by atoms with E-state index < -0.39 is 0 Å². The Bertz CT molecular complexity index is 712. The van der Waals surface area contributed by atoms with Gasteiger partial charge in [-0.1, -0.05) is 13.8 Å². The molecule has 0 saturated heterocycles. The van der Waals surface area contributed by atoms with E-state index >= 15 is 0 Å². The van der Waals surface area contributed by atoms with Crippen LogP contribution in [0.3, 0.4) is 0 Å². The molecule has 0 aliphatic heterocycles. The van der Waals surface area contributed by atoms with Gasteiger partial charge in [-0.05, 0) is 24.5 Å². The van der Waals surface area contributed by atoms with Gasteiger partial charge in [-0.15, -0.1) is 0 Å². The summed E-state index contributed by atoms with van der Waals surface area (Å²) in [5.41, 5.74) is 7.06. The summed E-state index contributed by atoms with van der Waals surface area (Å²) in [5.74, 6) is 1.79. The van der Waals surface area contributed by atoms with Gasteiger partial charge in [0.1, 0.15) is 17.8 Å². The Morgan fingerprint density at radius 3 is 2.72 bits per heavy atom. The summed E-state index contributed by atoms with van der Waals surface area (Å²) in [4.78, 5) is 16.4. The van der Waals surface area contributed by atoms with E-state index in [1.807, 2.05) is 12.1 Å². The Kier molecular flexibility index (Phi) is 6.41. The lowest BCUT2D eigenvalue weighted by Gasteiger charge is -2.11. The highest BCUT2D eigenvalue weighted by molar-refractivity contribution is 5.91. The van der Waals surface area contributed by atoms with Crippen molar-refractivity contribution in [1.82, 2.24) is 10.3 Å². The highest BCUT2D eigenvalue weighted by atomic mass is 16.5. The average Bonchev–Trinajstić information content (AvgIpc) is 3.09. The number of aromatic nitrogens is 1. The fraction of sp³-hybridized carbons (Fsp3) is 0.444. The molecule has 1 aromatic carbocycles. The fourth-order valence-electron chi connectivity index (χ4n) is 2.43. The molecule has 1 atom stereocenters. The van der Waals surface area contributed by atoms with Crippen molar-refractivity contribution in [3.05, 3.63) is 41.6 Å². The van der Waals surface area contributed by atoms with Crippen LogP contribution in [0.1, 0.15) is 48.3 Å². The summed E-state index contributed by atoms with van der Waals surface area (Å²) in [6, 6.07) is 5.09. The molecule has 0 fully saturated rings. The molecule has 0 radical (unpaired) electrons. The number of nitrogens with one attached hydrogen (secondary N) is 1. The third-order valence-corrected chi connectivity index (χ3v) is 3.73. The minimum absolute atomic E-state index is 0.210. The minimum atomic E-state index is -0.329. The van der Waals surface area contributed by atoms with Crippen molar-refractivity contribution in [2.24, 2.45) is 11.7 Å². The molecule has 1 amide bonds. The Balaban J connectivity index is 2.00. The molecule has 7 nitrogen and oxygen atoms in total. The van der Waals surface area contributed by atoms with E-state index in [-0.39, 0.29) is 17.6 Å². The van der Waals surface area contributed by atoms with Crippen LogP contribution in [0.25, 0.3) is 0 Å². The molecule has 0 aliphatic carbocycles. The van der Waals surface area contributed by atoms with Gasteiger partial charge >= 0.3 is 0 Å². The Morgan fingerprint density at radius 2 is 2.08 bits per heavy atom. The van der Waals surface area contributed by atoms with E-state index in [4.69, 9.17) is 19.6 Å². The van der Waals surface area contributed by atoms with Crippen LogP contribution in [0.15, 0.2) is 28.9 Å². The topological polar surface area (TPSA) is 99.6 Å². The van der Waals surface area contributed by atoms with Gasteiger partial charge < -0.3 is 24.9 Å². The van der Waals surface area contributed by atoms with Gasteiger partial charge in [-0.2, -0.15) is 0 Å². The predicted octanol–water partition coefficient (Wildman–Crippen LogP) is 2.67. The number of amides is 1. The van der Waals surface area contributed by atoms with Crippen molar-refractivity contribution in [3.63, 3.8) is 0 Å². The second-order valence-electron chi connectivity index (χ2n) is 6.17. The van der Waals surface area contributed by atoms with E-state index in [1.54, 1.807) is 20.3 Å². The number of benzene rings is 1. The van der Waals surface area contributed by atoms with Gasteiger partial charge in [0.15, 0.2) is 5.69 Å². The Labute approximate surface area is 147 Å². The average molecular weight is 347 g/mol. The van der Waals surface area contributed by atoms with Crippen molar-refractivity contribution < 1.29 is 18.7 Å². The molecule has 25 heavy (non-hydrogen) atoms. The number of ether oxygens (including phenoxy) is 2.